The van der Waals surface area contributed by atoms with Crippen molar-refractivity contribution in [3.63, 3.8) is 0 Å². The fraction of sp³-hybridized carbons (Fsp3) is 0.421. The van der Waals surface area contributed by atoms with Gasteiger partial charge < -0.3 is 9.47 Å². The molecule has 0 N–H and O–H groups in total. The van der Waals surface area contributed by atoms with Crippen LogP contribution in [0.25, 0.3) is 0 Å². The number of aliphatic imine (C=N–C) groups is 1. The monoisotopic (exact) mass is 452 g/mol. The summed E-state index contributed by atoms with van der Waals surface area (Å²) in [6.07, 6.45) is 0.113. The predicted molar refractivity (Wildman–Crippen MR) is 109 cm³/mol. The van der Waals surface area contributed by atoms with Gasteiger partial charge in [-0.15, -0.1) is 0 Å². The van der Waals surface area contributed by atoms with Crippen molar-refractivity contribution in [2.75, 3.05) is 12.9 Å². The molecule has 1 amide bonds. The van der Waals surface area contributed by atoms with E-state index in [1.54, 1.807) is 32.8 Å². The summed E-state index contributed by atoms with van der Waals surface area (Å²) in [6, 6.07) is 4.90. The lowest BCUT2D eigenvalue weighted by atomic mass is 9.93. The lowest BCUT2D eigenvalue weighted by molar-refractivity contribution is -0.143. The number of nitrogens with zero attached hydrogens (tertiary/aromatic N) is 2. The predicted octanol–water partition coefficient (Wildman–Crippen LogP) is 4.06. The smallest absolute Gasteiger partial charge is 0.338 e. The first-order valence-corrected chi connectivity index (χ1v) is 10.4. The molecule has 1 atom stereocenters. The molecule has 27 heavy (non-hydrogen) atoms. The minimum absolute atomic E-state index is 0.0677. The first-order chi connectivity index (χ1) is 12.8. The van der Waals surface area contributed by atoms with E-state index in [2.05, 4.69) is 20.9 Å². The van der Waals surface area contributed by atoms with Crippen LogP contribution in [0.15, 0.2) is 38.9 Å². The van der Waals surface area contributed by atoms with Crippen LogP contribution < -0.4 is 4.74 Å². The molecule has 8 heteroatoms. The Morgan fingerprint density at radius 3 is 2.81 bits per heavy atom. The highest BCUT2D eigenvalue weighted by atomic mass is 79.9. The van der Waals surface area contributed by atoms with Crippen molar-refractivity contribution >= 4 is 44.7 Å². The van der Waals surface area contributed by atoms with Gasteiger partial charge >= 0.3 is 5.97 Å². The SMILES string of the molecule is COc1ccc(Br)cc1[C@@H]1C(C(=O)OC(C)C)=C(C)N=C2SCCC(=O)N21. The molecule has 0 bridgehead atoms. The van der Waals surface area contributed by atoms with Gasteiger partial charge in [0.25, 0.3) is 0 Å². The molecule has 0 aliphatic carbocycles. The molecule has 0 aromatic heterocycles. The molecule has 1 fully saturated rings. The number of benzene rings is 1. The number of esters is 1. The van der Waals surface area contributed by atoms with Gasteiger partial charge in [-0.3, -0.25) is 9.69 Å². The Morgan fingerprint density at radius 2 is 2.15 bits per heavy atom. The molecule has 0 radical (unpaired) electrons. The summed E-state index contributed by atoms with van der Waals surface area (Å²) in [4.78, 5) is 31.8. The van der Waals surface area contributed by atoms with E-state index in [4.69, 9.17) is 9.47 Å². The van der Waals surface area contributed by atoms with Gasteiger partial charge in [0.1, 0.15) is 11.8 Å². The maximum atomic E-state index is 12.9. The molecular formula is C19H21BrN2O4S. The number of carbonyl (C=O) groups excluding carboxylic acids is 2. The molecule has 0 unspecified atom stereocenters. The number of hydrogen-bond acceptors (Lipinski definition) is 6. The molecule has 2 heterocycles. The summed E-state index contributed by atoms with van der Waals surface area (Å²) >= 11 is 5.00. The van der Waals surface area contributed by atoms with Crippen LogP contribution in [0.4, 0.5) is 0 Å². The zero-order valence-electron chi connectivity index (χ0n) is 15.6. The summed E-state index contributed by atoms with van der Waals surface area (Å²) in [6.45, 7) is 5.36. The lowest BCUT2D eigenvalue weighted by Gasteiger charge is -2.39. The van der Waals surface area contributed by atoms with Crippen LogP contribution >= 0.6 is 27.7 Å². The minimum Gasteiger partial charge on any atom is -0.496 e. The average Bonchev–Trinajstić information content (AvgIpc) is 2.60. The summed E-state index contributed by atoms with van der Waals surface area (Å²) in [7, 11) is 1.57. The van der Waals surface area contributed by atoms with Crippen LogP contribution in [-0.2, 0) is 14.3 Å². The Hall–Kier alpha value is -1.80. The maximum absolute atomic E-state index is 12.9. The van der Waals surface area contributed by atoms with Crippen molar-refractivity contribution < 1.29 is 19.1 Å². The quantitative estimate of drug-likeness (QED) is 0.644. The van der Waals surface area contributed by atoms with Crippen LogP contribution in [0.5, 0.6) is 5.75 Å². The van der Waals surface area contributed by atoms with Gasteiger partial charge in [-0.25, -0.2) is 9.79 Å². The lowest BCUT2D eigenvalue weighted by Crippen LogP contribution is -2.46. The highest BCUT2D eigenvalue weighted by Gasteiger charge is 2.43. The van der Waals surface area contributed by atoms with Crippen LogP contribution in [0, 0.1) is 0 Å². The molecule has 1 aromatic rings. The number of halogens is 1. The van der Waals surface area contributed by atoms with E-state index >= 15 is 0 Å². The first kappa shape index (κ1) is 19.9. The Balaban J connectivity index is 2.21. The summed E-state index contributed by atoms with van der Waals surface area (Å²) in [5.41, 5.74) is 1.63. The zero-order chi connectivity index (χ0) is 19.7. The Kier molecular flexibility index (Phi) is 5.95. The largest absolute Gasteiger partial charge is 0.496 e. The average molecular weight is 453 g/mol. The number of allylic oxidation sites excluding steroid dienone is 1. The summed E-state index contributed by atoms with van der Waals surface area (Å²) in [5.74, 6) is 0.730. The van der Waals surface area contributed by atoms with Crippen LogP contribution in [0.3, 0.4) is 0 Å². The van der Waals surface area contributed by atoms with E-state index in [-0.39, 0.29) is 12.0 Å². The molecular weight excluding hydrogens is 432 g/mol. The van der Waals surface area contributed by atoms with Gasteiger partial charge in [0, 0.05) is 22.2 Å². The number of ether oxygens (including phenoxy) is 2. The Bertz CT molecular complexity index is 850. The van der Waals surface area contributed by atoms with Crippen molar-refractivity contribution in [2.24, 2.45) is 4.99 Å². The van der Waals surface area contributed by atoms with Crippen LogP contribution in [-0.4, -0.2) is 40.9 Å². The number of thioether (sulfide) groups is 1. The third-order valence-corrected chi connectivity index (χ3v) is 5.70. The van der Waals surface area contributed by atoms with Crippen molar-refractivity contribution in [3.8, 4) is 5.75 Å². The molecule has 1 saturated heterocycles. The van der Waals surface area contributed by atoms with E-state index in [0.29, 0.717) is 39.9 Å². The van der Waals surface area contributed by atoms with E-state index in [0.717, 1.165) is 4.47 Å². The first-order valence-electron chi connectivity index (χ1n) is 8.62. The number of amides is 1. The minimum atomic E-state index is -0.642. The highest BCUT2D eigenvalue weighted by molar-refractivity contribution is 9.10. The fourth-order valence-corrected chi connectivity index (χ4v) is 4.53. The second kappa shape index (κ2) is 8.06. The van der Waals surface area contributed by atoms with Crippen LogP contribution in [0.2, 0.25) is 0 Å². The highest BCUT2D eigenvalue weighted by Crippen LogP contribution is 2.44. The van der Waals surface area contributed by atoms with E-state index in [1.165, 1.54) is 11.8 Å². The second-order valence-electron chi connectivity index (χ2n) is 6.50. The third kappa shape index (κ3) is 3.91. The van der Waals surface area contributed by atoms with E-state index < -0.39 is 12.0 Å². The molecule has 0 spiro atoms. The van der Waals surface area contributed by atoms with Crippen molar-refractivity contribution in [2.45, 2.75) is 39.3 Å². The number of hydrogen-bond donors (Lipinski definition) is 0. The summed E-state index contributed by atoms with van der Waals surface area (Å²) < 4.78 is 11.8. The molecule has 2 aliphatic heterocycles. The van der Waals surface area contributed by atoms with Gasteiger partial charge in [0.05, 0.1) is 24.5 Å². The maximum Gasteiger partial charge on any atom is 0.338 e. The Morgan fingerprint density at radius 1 is 1.41 bits per heavy atom. The number of methoxy groups -OCH3 is 1. The molecule has 1 aromatic carbocycles. The molecule has 3 rings (SSSR count). The Labute approximate surface area is 171 Å². The van der Waals surface area contributed by atoms with E-state index in [1.807, 2.05) is 18.2 Å². The van der Waals surface area contributed by atoms with Gasteiger partial charge in [-0.1, -0.05) is 27.7 Å². The molecule has 2 aliphatic rings. The number of carbonyl (C=O) groups is 2. The van der Waals surface area contributed by atoms with E-state index in [9.17, 15) is 9.59 Å². The zero-order valence-corrected chi connectivity index (χ0v) is 18.0. The topological polar surface area (TPSA) is 68.2 Å². The van der Waals surface area contributed by atoms with Gasteiger partial charge in [0.15, 0.2) is 5.17 Å². The summed E-state index contributed by atoms with van der Waals surface area (Å²) in [5, 5.41) is 0.608. The van der Waals surface area contributed by atoms with Crippen molar-refractivity contribution in [1.82, 2.24) is 4.90 Å². The van der Waals surface area contributed by atoms with Crippen LogP contribution in [0.1, 0.15) is 38.8 Å². The normalized spacial score (nSPS) is 19.8. The van der Waals surface area contributed by atoms with Crippen molar-refractivity contribution in [3.05, 3.63) is 39.5 Å². The second-order valence-corrected chi connectivity index (χ2v) is 8.48. The number of rotatable bonds is 4. The third-order valence-electron chi connectivity index (χ3n) is 4.26. The van der Waals surface area contributed by atoms with Gasteiger partial charge in [0.2, 0.25) is 5.91 Å². The number of amidine groups is 1. The van der Waals surface area contributed by atoms with Gasteiger partial charge in [-0.2, -0.15) is 0 Å². The number of fused-ring (bicyclic) bond motifs is 1. The standard InChI is InChI=1S/C19H21BrN2O4S/c1-10(2)26-18(24)16-11(3)21-19-22(15(23)7-8-27-19)17(16)13-9-12(20)5-6-14(13)25-4/h5-6,9-10,17H,7-8H2,1-4H3/t17-/m1/s1. The fourth-order valence-electron chi connectivity index (χ4n) is 3.15. The molecule has 6 nitrogen and oxygen atoms in total. The molecule has 144 valence electrons. The molecule has 0 saturated carbocycles. The van der Waals surface area contributed by atoms with Crippen molar-refractivity contribution in [1.29, 1.82) is 0 Å². The van der Waals surface area contributed by atoms with Gasteiger partial charge in [-0.05, 0) is 39.0 Å².